The Kier molecular flexibility index (Phi) is 5.93. The maximum atomic E-state index is 12.7. The van der Waals surface area contributed by atoms with Crippen molar-refractivity contribution in [3.63, 3.8) is 0 Å². The molecule has 1 aromatic heterocycles. The van der Waals surface area contributed by atoms with Crippen LogP contribution in [0.15, 0.2) is 35.3 Å². The first-order chi connectivity index (χ1) is 11.0. The molecule has 0 N–H and O–H groups in total. The van der Waals surface area contributed by atoms with Gasteiger partial charge in [-0.1, -0.05) is 29.3 Å². The van der Waals surface area contributed by atoms with Crippen molar-refractivity contribution in [2.45, 2.75) is 12.8 Å². The van der Waals surface area contributed by atoms with Crippen LogP contribution >= 0.6 is 34.5 Å². The average molecular weight is 370 g/mol. The molecule has 2 rings (SSSR count). The summed E-state index contributed by atoms with van der Waals surface area (Å²) in [7, 11) is 1.21. The third-order valence-electron chi connectivity index (χ3n) is 3.17. The Bertz CT molecular complexity index is 736. The van der Waals surface area contributed by atoms with Gasteiger partial charge in [0.15, 0.2) is 5.78 Å². The predicted molar refractivity (Wildman–Crippen MR) is 92.0 cm³/mol. The van der Waals surface area contributed by atoms with Gasteiger partial charge in [-0.2, -0.15) is 0 Å². The number of hydrogen-bond donors (Lipinski definition) is 0. The van der Waals surface area contributed by atoms with Crippen molar-refractivity contribution in [2.75, 3.05) is 7.11 Å². The van der Waals surface area contributed by atoms with Gasteiger partial charge >= 0.3 is 5.97 Å². The van der Waals surface area contributed by atoms with Crippen LogP contribution in [0.3, 0.4) is 0 Å². The van der Waals surface area contributed by atoms with Gasteiger partial charge in [-0.05, 0) is 25.1 Å². The van der Waals surface area contributed by atoms with E-state index in [-0.39, 0.29) is 5.57 Å². The summed E-state index contributed by atoms with van der Waals surface area (Å²) in [5.41, 5.74) is 0.279. The number of carbonyl (C=O) groups excluding carboxylic acids is 2. The lowest BCUT2D eigenvalue weighted by Gasteiger charge is -2.11. The van der Waals surface area contributed by atoms with Crippen LogP contribution in [0.2, 0.25) is 10.0 Å². The number of hydrogen-bond acceptors (Lipinski definition) is 5. The van der Waals surface area contributed by atoms with Crippen LogP contribution in [0.1, 0.15) is 23.4 Å². The normalized spacial score (nSPS) is 12.8. The molecule has 0 radical (unpaired) electrons. The van der Waals surface area contributed by atoms with E-state index in [0.29, 0.717) is 20.6 Å². The fourth-order valence-electron chi connectivity index (χ4n) is 1.93. The summed E-state index contributed by atoms with van der Waals surface area (Å²) < 4.78 is 4.72. The number of aromatic nitrogens is 1. The maximum Gasteiger partial charge on any atom is 0.341 e. The Labute approximate surface area is 147 Å². The summed E-state index contributed by atoms with van der Waals surface area (Å²) in [6.07, 6.45) is 2.97. The van der Waals surface area contributed by atoms with Crippen LogP contribution in [-0.4, -0.2) is 23.8 Å². The molecule has 1 aromatic carbocycles. The fraction of sp³-hybridized carbons (Fsp3) is 0.188. The first kappa shape index (κ1) is 17.7. The Morgan fingerprint density at radius 3 is 2.48 bits per heavy atom. The summed E-state index contributed by atoms with van der Waals surface area (Å²) >= 11 is 13.6. The quantitative estimate of drug-likeness (QED) is 0.339. The van der Waals surface area contributed by atoms with Crippen LogP contribution in [0, 0.1) is 0 Å². The largest absolute Gasteiger partial charge is 0.465 e. The van der Waals surface area contributed by atoms with Gasteiger partial charge in [-0.25, -0.2) is 9.78 Å². The number of halogens is 2. The van der Waals surface area contributed by atoms with Crippen LogP contribution in [-0.2, 0) is 14.3 Å². The van der Waals surface area contributed by atoms with Gasteiger partial charge in [0.1, 0.15) is 10.6 Å². The molecule has 1 unspecified atom stereocenters. The third-order valence-corrected chi connectivity index (χ3v) is 4.79. The number of esters is 1. The lowest BCUT2D eigenvalue weighted by molar-refractivity contribution is -0.137. The molecule has 0 saturated heterocycles. The molecule has 120 valence electrons. The summed E-state index contributed by atoms with van der Waals surface area (Å²) in [6, 6.07) is 4.94. The zero-order chi connectivity index (χ0) is 17.0. The minimum absolute atomic E-state index is 0.120. The van der Waals surface area contributed by atoms with Crippen molar-refractivity contribution in [3.8, 4) is 0 Å². The van der Waals surface area contributed by atoms with Crippen molar-refractivity contribution in [3.05, 3.63) is 56.0 Å². The molecule has 1 heterocycles. The molecule has 0 amide bonds. The van der Waals surface area contributed by atoms with Crippen LogP contribution in [0.5, 0.6) is 0 Å². The van der Waals surface area contributed by atoms with Gasteiger partial charge in [0.2, 0.25) is 0 Å². The van der Waals surface area contributed by atoms with E-state index in [1.807, 2.05) is 0 Å². The van der Waals surface area contributed by atoms with Gasteiger partial charge in [0.05, 0.1) is 13.0 Å². The highest BCUT2D eigenvalue weighted by atomic mass is 35.5. The molecule has 0 fully saturated rings. The second-order valence-corrected chi connectivity index (χ2v) is 6.38. The topological polar surface area (TPSA) is 56.3 Å². The van der Waals surface area contributed by atoms with E-state index in [9.17, 15) is 9.59 Å². The molecule has 2 aromatic rings. The smallest absolute Gasteiger partial charge is 0.341 e. The fourth-order valence-corrected chi connectivity index (χ4v) is 3.13. The summed E-state index contributed by atoms with van der Waals surface area (Å²) in [5.74, 6) is -1.71. The van der Waals surface area contributed by atoms with Gasteiger partial charge in [0.25, 0.3) is 0 Å². The van der Waals surface area contributed by atoms with Crippen LogP contribution < -0.4 is 0 Å². The molecule has 0 spiro atoms. The van der Waals surface area contributed by atoms with E-state index >= 15 is 0 Å². The Hall–Kier alpha value is -1.69. The van der Waals surface area contributed by atoms with E-state index in [4.69, 9.17) is 27.9 Å². The first-order valence-electron chi connectivity index (χ1n) is 6.63. The number of ether oxygens (including phenoxy) is 1. The zero-order valence-corrected chi connectivity index (χ0v) is 14.7. The molecule has 4 nitrogen and oxygen atoms in total. The highest BCUT2D eigenvalue weighted by Gasteiger charge is 2.27. The highest BCUT2D eigenvalue weighted by molar-refractivity contribution is 7.09. The molecule has 7 heteroatoms. The number of thiazole rings is 1. The Morgan fingerprint density at radius 1 is 1.30 bits per heavy atom. The Morgan fingerprint density at radius 2 is 1.96 bits per heavy atom. The zero-order valence-electron chi connectivity index (χ0n) is 12.4. The summed E-state index contributed by atoms with van der Waals surface area (Å²) in [5, 5.41) is 3.07. The van der Waals surface area contributed by atoms with Gasteiger partial charge in [-0.15, -0.1) is 11.3 Å². The van der Waals surface area contributed by atoms with Crippen molar-refractivity contribution in [1.29, 1.82) is 0 Å². The molecule has 0 saturated carbocycles. The number of ketones is 1. The number of methoxy groups -OCH3 is 1. The number of nitrogens with zero attached hydrogens (tertiary/aromatic N) is 1. The number of rotatable bonds is 5. The molecule has 23 heavy (non-hydrogen) atoms. The Balaban J connectivity index is 2.47. The van der Waals surface area contributed by atoms with Crippen molar-refractivity contribution < 1.29 is 14.3 Å². The predicted octanol–water partition coefficient (Wildman–Crippen LogP) is 4.38. The van der Waals surface area contributed by atoms with Crippen molar-refractivity contribution in [1.82, 2.24) is 4.98 Å². The second-order valence-electron chi connectivity index (χ2n) is 4.64. The van der Waals surface area contributed by atoms with E-state index in [1.54, 1.807) is 36.7 Å². The summed E-state index contributed by atoms with van der Waals surface area (Å²) in [4.78, 5) is 28.8. The maximum absolute atomic E-state index is 12.7. The molecular weight excluding hydrogens is 357 g/mol. The second kappa shape index (κ2) is 7.73. The minimum Gasteiger partial charge on any atom is -0.465 e. The third kappa shape index (κ3) is 3.99. The van der Waals surface area contributed by atoms with Gasteiger partial charge in [0, 0.05) is 27.2 Å². The van der Waals surface area contributed by atoms with E-state index < -0.39 is 17.7 Å². The van der Waals surface area contributed by atoms with Crippen LogP contribution in [0.25, 0.3) is 6.08 Å². The molecule has 0 aliphatic rings. The van der Waals surface area contributed by atoms with Crippen molar-refractivity contribution in [2.24, 2.45) is 0 Å². The van der Waals surface area contributed by atoms with Crippen molar-refractivity contribution >= 4 is 52.4 Å². The molecule has 0 aliphatic carbocycles. The van der Waals surface area contributed by atoms with E-state index in [2.05, 4.69) is 4.98 Å². The molecular formula is C16H13Cl2NO3S. The van der Waals surface area contributed by atoms with Crippen LogP contribution in [0.4, 0.5) is 0 Å². The lowest BCUT2D eigenvalue weighted by Crippen LogP contribution is -2.19. The van der Waals surface area contributed by atoms with Gasteiger partial charge in [-0.3, -0.25) is 4.79 Å². The number of benzene rings is 1. The molecule has 1 atom stereocenters. The highest BCUT2D eigenvalue weighted by Crippen LogP contribution is 2.29. The monoisotopic (exact) mass is 369 g/mol. The van der Waals surface area contributed by atoms with E-state index in [1.165, 1.54) is 24.5 Å². The average Bonchev–Trinajstić information content (AvgIpc) is 3.07. The first-order valence-corrected chi connectivity index (χ1v) is 8.27. The number of carbonyl (C=O) groups is 2. The van der Waals surface area contributed by atoms with Gasteiger partial charge < -0.3 is 4.74 Å². The molecule has 0 bridgehead atoms. The lowest BCUT2D eigenvalue weighted by atomic mass is 9.97. The number of Topliss-reactive ketones (excluding diaryl/α,β-unsaturated/α-hetero) is 1. The minimum atomic E-state index is -0.741. The SMILES string of the molecule is COC(=O)/C(=C/c1c(Cl)cccc1Cl)C(=O)C(C)c1nccs1. The summed E-state index contributed by atoms with van der Waals surface area (Å²) in [6.45, 7) is 1.69. The molecule has 0 aliphatic heterocycles. The van der Waals surface area contributed by atoms with E-state index in [0.717, 1.165) is 0 Å². The standard InChI is InChI=1S/C16H13Cl2NO3S/c1-9(15-19-6-7-23-15)14(20)11(16(21)22-2)8-10-12(17)4-3-5-13(10)18/h3-9H,1-2H3/b11-8+.